The van der Waals surface area contributed by atoms with Crippen molar-refractivity contribution in [3.63, 3.8) is 0 Å². The summed E-state index contributed by atoms with van der Waals surface area (Å²) in [5, 5.41) is 15.9. The van der Waals surface area contributed by atoms with Gasteiger partial charge in [0.15, 0.2) is 0 Å². The second-order valence-electron chi connectivity index (χ2n) is 6.35. The number of aromatic nitrogens is 2. The lowest BCUT2D eigenvalue weighted by Gasteiger charge is -2.24. The second-order valence-corrected chi connectivity index (χ2v) is 6.35. The smallest absolute Gasteiger partial charge is 0.304 e. The van der Waals surface area contributed by atoms with Crippen molar-refractivity contribution in [2.75, 3.05) is 6.54 Å². The number of nitrogens with one attached hydrogen (secondary N) is 3. The van der Waals surface area contributed by atoms with E-state index in [1.54, 1.807) is 6.20 Å². The molecule has 4 rings (SSSR count). The van der Waals surface area contributed by atoms with Crippen LogP contribution in [0.25, 0.3) is 16.7 Å². The Kier molecular flexibility index (Phi) is 4.86. The third kappa shape index (κ3) is 3.77. The van der Waals surface area contributed by atoms with E-state index in [0.717, 1.165) is 17.5 Å². The molecule has 3 aromatic rings. The molecular weight excluding hydrogens is 361 g/mol. The van der Waals surface area contributed by atoms with Crippen LogP contribution in [0.2, 0.25) is 0 Å². The van der Waals surface area contributed by atoms with E-state index in [1.165, 1.54) is 6.07 Å². The molecule has 1 atom stereocenters. The number of aliphatic carboxylic acids is 1. The lowest BCUT2D eigenvalue weighted by molar-refractivity contribution is -0.136. The van der Waals surface area contributed by atoms with Gasteiger partial charge in [0.05, 0.1) is 24.5 Å². The molecule has 1 aliphatic heterocycles. The largest absolute Gasteiger partial charge is 0.481 e. The number of halogens is 1. The zero-order valence-corrected chi connectivity index (χ0v) is 14.8. The number of nitrogens with zero attached hydrogens (tertiary/aromatic N) is 2. The summed E-state index contributed by atoms with van der Waals surface area (Å²) in [6.07, 6.45) is 4.46. The third-order valence-corrected chi connectivity index (χ3v) is 4.37. The summed E-state index contributed by atoms with van der Waals surface area (Å²) in [6, 6.07) is 11.1. The van der Waals surface area contributed by atoms with E-state index >= 15 is 0 Å². The van der Waals surface area contributed by atoms with E-state index in [1.807, 2.05) is 36.4 Å². The first-order valence-corrected chi connectivity index (χ1v) is 8.81. The zero-order chi connectivity index (χ0) is 19.5. The van der Waals surface area contributed by atoms with Crippen molar-refractivity contribution in [1.82, 2.24) is 20.6 Å². The van der Waals surface area contributed by atoms with Crippen molar-refractivity contribution in [3.05, 3.63) is 71.8 Å². The highest BCUT2D eigenvalue weighted by Crippen LogP contribution is 2.24. The Morgan fingerprint density at radius 1 is 1.29 bits per heavy atom. The minimum absolute atomic E-state index is 0.00137. The fourth-order valence-electron chi connectivity index (χ4n) is 3.06. The van der Waals surface area contributed by atoms with E-state index in [4.69, 9.17) is 10.1 Å². The van der Waals surface area contributed by atoms with Gasteiger partial charge in [-0.05, 0) is 17.7 Å². The number of fused-ring (bicyclic) bond motifs is 1. The molecule has 0 amide bonds. The van der Waals surface area contributed by atoms with Crippen LogP contribution in [0.15, 0.2) is 59.9 Å². The number of aliphatic imine (C=N–C) groups is 1. The highest BCUT2D eigenvalue weighted by molar-refractivity contribution is 6.11. The minimum Gasteiger partial charge on any atom is -0.481 e. The van der Waals surface area contributed by atoms with Crippen LogP contribution in [0.1, 0.15) is 17.5 Å². The molecule has 0 bridgehead atoms. The summed E-state index contributed by atoms with van der Waals surface area (Å²) < 4.78 is 13.7. The number of H-pyrrole nitrogens is 1. The van der Waals surface area contributed by atoms with Gasteiger partial charge in [-0.15, -0.1) is 0 Å². The van der Waals surface area contributed by atoms with Crippen molar-refractivity contribution < 1.29 is 14.3 Å². The van der Waals surface area contributed by atoms with Crippen molar-refractivity contribution in [1.29, 1.82) is 0 Å². The van der Waals surface area contributed by atoms with Crippen LogP contribution in [0, 0.1) is 5.82 Å². The van der Waals surface area contributed by atoms with Gasteiger partial charge < -0.3 is 15.4 Å². The number of carboxylic acids is 1. The fourth-order valence-corrected chi connectivity index (χ4v) is 3.06. The summed E-state index contributed by atoms with van der Waals surface area (Å²) in [5.41, 5.74) is 2.91. The number of hydrogen-bond acceptors (Lipinski definition) is 5. The number of benzene rings is 1. The number of hydrogen-bond donors (Lipinski definition) is 4. The molecule has 142 valence electrons. The first kappa shape index (κ1) is 17.9. The molecule has 4 N–H and O–H groups in total. The Labute approximate surface area is 160 Å². The molecular formula is C20H18FN5O2. The second kappa shape index (κ2) is 7.61. The highest BCUT2D eigenvalue weighted by atomic mass is 19.1. The molecule has 2 aromatic heterocycles. The van der Waals surface area contributed by atoms with E-state index in [2.05, 4.69) is 20.6 Å². The Hall–Kier alpha value is -3.52. The minimum atomic E-state index is -0.873. The Balaban J connectivity index is 1.70. The maximum atomic E-state index is 13.7. The van der Waals surface area contributed by atoms with Crippen molar-refractivity contribution in [3.8, 4) is 0 Å². The van der Waals surface area contributed by atoms with Gasteiger partial charge in [0, 0.05) is 23.7 Å². The molecule has 0 saturated heterocycles. The average Bonchev–Trinajstić information content (AvgIpc) is 3.11. The maximum absolute atomic E-state index is 13.7. The predicted octanol–water partition coefficient (Wildman–Crippen LogP) is 2.48. The molecule has 0 radical (unpaired) electrons. The number of aromatic amines is 1. The van der Waals surface area contributed by atoms with Gasteiger partial charge in [-0.25, -0.2) is 14.4 Å². The van der Waals surface area contributed by atoms with E-state index in [9.17, 15) is 9.18 Å². The Bertz CT molecular complexity index is 1070. The number of carbonyl (C=O) groups is 1. The highest BCUT2D eigenvalue weighted by Gasteiger charge is 2.20. The van der Waals surface area contributed by atoms with Gasteiger partial charge in [-0.2, -0.15) is 0 Å². The van der Waals surface area contributed by atoms with Crippen LogP contribution >= 0.6 is 0 Å². The summed E-state index contributed by atoms with van der Waals surface area (Å²) in [7, 11) is 0. The number of rotatable bonds is 6. The van der Waals surface area contributed by atoms with Gasteiger partial charge in [-0.1, -0.05) is 30.3 Å². The van der Waals surface area contributed by atoms with Crippen molar-refractivity contribution >= 4 is 28.5 Å². The van der Waals surface area contributed by atoms with Crippen LogP contribution in [0.4, 0.5) is 4.39 Å². The van der Waals surface area contributed by atoms with Crippen LogP contribution in [0.3, 0.4) is 0 Å². The third-order valence-electron chi connectivity index (χ3n) is 4.37. The van der Waals surface area contributed by atoms with Gasteiger partial charge in [-0.3, -0.25) is 10.1 Å². The Morgan fingerprint density at radius 2 is 2.11 bits per heavy atom. The van der Waals surface area contributed by atoms with Crippen LogP contribution < -0.4 is 10.6 Å². The molecule has 0 aliphatic carbocycles. The van der Waals surface area contributed by atoms with Crippen LogP contribution in [-0.4, -0.2) is 39.6 Å². The van der Waals surface area contributed by atoms with Gasteiger partial charge in [0.2, 0.25) is 0 Å². The number of pyridine rings is 1. The molecule has 1 aliphatic rings. The first-order valence-electron chi connectivity index (χ1n) is 8.81. The topological polar surface area (TPSA) is 102 Å². The Morgan fingerprint density at radius 3 is 2.89 bits per heavy atom. The standard InChI is InChI=1S/C20H18FN5O2/c21-13-8-14-15(11-24-19(14)23-10-13)20-25-16(12-4-2-1-3-5-12)9-17(26-20)22-7-6-18(27)28/h1-5,8-11,17,22H,6-7H2,(H,23,24)(H,25,26)(H,27,28). The van der Waals surface area contributed by atoms with Crippen molar-refractivity contribution in [2.24, 2.45) is 4.99 Å². The van der Waals surface area contributed by atoms with E-state index in [-0.39, 0.29) is 12.6 Å². The molecule has 0 spiro atoms. The molecule has 0 fully saturated rings. The summed E-state index contributed by atoms with van der Waals surface area (Å²) in [4.78, 5) is 22.6. The molecule has 3 heterocycles. The predicted molar refractivity (Wildman–Crippen MR) is 104 cm³/mol. The number of amidine groups is 1. The van der Waals surface area contributed by atoms with Crippen LogP contribution in [-0.2, 0) is 4.79 Å². The lowest BCUT2D eigenvalue weighted by atomic mass is 10.1. The van der Waals surface area contributed by atoms with Gasteiger partial charge >= 0.3 is 5.97 Å². The van der Waals surface area contributed by atoms with Gasteiger partial charge in [0.1, 0.15) is 17.3 Å². The lowest BCUT2D eigenvalue weighted by Crippen LogP contribution is -2.46. The average molecular weight is 379 g/mol. The zero-order valence-electron chi connectivity index (χ0n) is 14.8. The monoisotopic (exact) mass is 379 g/mol. The first-order chi connectivity index (χ1) is 13.6. The SMILES string of the molecule is O=C(O)CCNC1C=C(c2ccccc2)N=C(c2c[nH]c3ncc(F)cc23)N1. The summed E-state index contributed by atoms with van der Waals surface area (Å²) in [5.74, 6) is -0.754. The molecule has 1 unspecified atom stereocenters. The van der Waals surface area contributed by atoms with E-state index in [0.29, 0.717) is 29.0 Å². The van der Waals surface area contributed by atoms with Crippen LogP contribution in [0.5, 0.6) is 0 Å². The van der Waals surface area contributed by atoms with Crippen molar-refractivity contribution in [2.45, 2.75) is 12.6 Å². The molecule has 28 heavy (non-hydrogen) atoms. The fraction of sp³-hybridized carbons (Fsp3) is 0.150. The summed E-state index contributed by atoms with van der Waals surface area (Å²) in [6.45, 7) is 0.295. The molecule has 7 nitrogen and oxygen atoms in total. The normalized spacial score (nSPS) is 16.4. The number of carboxylic acid groups (broad SMARTS) is 1. The molecule has 8 heteroatoms. The molecule has 0 saturated carbocycles. The van der Waals surface area contributed by atoms with Gasteiger partial charge in [0.25, 0.3) is 0 Å². The quantitative estimate of drug-likeness (QED) is 0.527. The van der Waals surface area contributed by atoms with E-state index < -0.39 is 11.8 Å². The maximum Gasteiger partial charge on any atom is 0.304 e. The molecule has 1 aromatic carbocycles. The summed E-state index contributed by atoms with van der Waals surface area (Å²) >= 11 is 0.